The first kappa shape index (κ1) is 19.5. The monoisotopic (exact) mass is 399 g/mol. The topological polar surface area (TPSA) is 88.2 Å². The molecule has 28 heavy (non-hydrogen) atoms. The minimum Gasteiger partial charge on any atom is -0.344 e. The van der Waals surface area contributed by atoms with Crippen molar-refractivity contribution in [3.8, 4) is 0 Å². The van der Waals surface area contributed by atoms with Gasteiger partial charge in [0, 0.05) is 17.4 Å². The van der Waals surface area contributed by atoms with Crippen molar-refractivity contribution in [1.82, 2.24) is 10.3 Å². The van der Waals surface area contributed by atoms with E-state index in [0.717, 1.165) is 17.8 Å². The molecule has 1 unspecified atom stereocenters. The lowest BCUT2D eigenvalue weighted by Crippen LogP contribution is -2.27. The molecule has 0 spiro atoms. The van der Waals surface area contributed by atoms with Gasteiger partial charge in [0.2, 0.25) is 0 Å². The first-order valence-electron chi connectivity index (χ1n) is 8.45. The van der Waals surface area contributed by atoms with Gasteiger partial charge in [-0.1, -0.05) is 6.07 Å². The predicted molar refractivity (Wildman–Crippen MR) is 104 cm³/mol. The standard InChI is InChI=1S/C20H18FN3O3S/c1-14(19-4-2-3-13-22-19)23-20(25)15-5-11-18(12-6-15)28(26,27)24-17-9-7-16(21)8-10-17/h2-14,24H,1H3,(H,23,25). The number of aromatic nitrogens is 1. The molecule has 1 amide bonds. The maximum atomic E-state index is 12.9. The SMILES string of the molecule is CC(NC(=O)c1ccc(S(=O)(=O)Nc2ccc(F)cc2)cc1)c1ccccn1. The summed E-state index contributed by atoms with van der Waals surface area (Å²) in [6.07, 6.45) is 1.64. The van der Waals surface area contributed by atoms with Crippen molar-refractivity contribution >= 4 is 21.6 Å². The van der Waals surface area contributed by atoms with E-state index in [9.17, 15) is 17.6 Å². The summed E-state index contributed by atoms with van der Waals surface area (Å²) < 4.78 is 40.1. The summed E-state index contributed by atoms with van der Waals surface area (Å²) in [5, 5.41) is 2.81. The molecule has 2 N–H and O–H groups in total. The molecule has 0 saturated heterocycles. The lowest BCUT2D eigenvalue weighted by Gasteiger charge is -2.13. The molecule has 1 heterocycles. The fourth-order valence-electron chi connectivity index (χ4n) is 2.50. The molecule has 1 aromatic heterocycles. The van der Waals surface area contributed by atoms with Gasteiger partial charge in [-0.3, -0.25) is 14.5 Å². The van der Waals surface area contributed by atoms with Gasteiger partial charge in [0.25, 0.3) is 15.9 Å². The van der Waals surface area contributed by atoms with Gasteiger partial charge in [0.15, 0.2) is 0 Å². The van der Waals surface area contributed by atoms with Gasteiger partial charge in [-0.05, 0) is 67.6 Å². The zero-order chi connectivity index (χ0) is 20.1. The van der Waals surface area contributed by atoms with Crippen LogP contribution in [0.1, 0.15) is 29.0 Å². The number of nitrogens with one attached hydrogen (secondary N) is 2. The Labute approximate surface area is 162 Å². The third-order valence-corrected chi connectivity index (χ3v) is 5.40. The van der Waals surface area contributed by atoms with E-state index in [4.69, 9.17) is 0 Å². The molecule has 0 bridgehead atoms. The minimum atomic E-state index is -3.85. The van der Waals surface area contributed by atoms with Gasteiger partial charge in [0.1, 0.15) is 5.82 Å². The fraction of sp³-hybridized carbons (Fsp3) is 0.100. The normalized spacial score (nSPS) is 12.2. The average molecular weight is 399 g/mol. The van der Waals surface area contributed by atoms with Crippen molar-refractivity contribution in [2.45, 2.75) is 17.9 Å². The molecule has 0 radical (unpaired) electrons. The quantitative estimate of drug-likeness (QED) is 0.664. The third-order valence-electron chi connectivity index (χ3n) is 4.00. The van der Waals surface area contributed by atoms with Crippen LogP contribution in [0.2, 0.25) is 0 Å². The second-order valence-corrected chi connectivity index (χ2v) is 7.77. The van der Waals surface area contributed by atoms with Crippen LogP contribution in [0.5, 0.6) is 0 Å². The van der Waals surface area contributed by atoms with Crippen molar-refractivity contribution in [3.05, 3.63) is 90.0 Å². The summed E-state index contributed by atoms with van der Waals surface area (Å²) in [6, 6.07) is 15.6. The zero-order valence-corrected chi connectivity index (χ0v) is 15.8. The Morgan fingerprint density at radius 1 is 1.00 bits per heavy atom. The number of hydrogen-bond donors (Lipinski definition) is 2. The number of anilines is 1. The van der Waals surface area contributed by atoms with E-state index in [1.54, 1.807) is 12.3 Å². The Morgan fingerprint density at radius 3 is 2.29 bits per heavy atom. The van der Waals surface area contributed by atoms with Crippen LogP contribution in [0.15, 0.2) is 77.8 Å². The van der Waals surface area contributed by atoms with Gasteiger partial charge in [-0.25, -0.2) is 12.8 Å². The van der Waals surface area contributed by atoms with E-state index in [-0.39, 0.29) is 22.5 Å². The highest BCUT2D eigenvalue weighted by Crippen LogP contribution is 2.17. The summed E-state index contributed by atoms with van der Waals surface area (Å²) in [4.78, 5) is 16.6. The number of halogens is 1. The Hall–Kier alpha value is -3.26. The smallest absolute Gasteiger partial charge is 0.261 e. The molecule has 0 aliphatic heterocycles. The Kier molecular flexibility index (Phi) is 5.70. The predicted octanol–water partition coefficient (Wildman–Crippen LogP) is 3.51. The van der Waals surface area contributed by atoms with Gasteiger partial charge in [-0.2, -0.15) is 0 Å². The van der Waals surface area contributed by atoms with Crippen LogP contribution in [-0.2, 0) is 10.0 Å². The van der Waals surface area contributed by atoms with E-state index in [1.165, 1.54) is 36.4 Å². The molecule has 1 atom stereocenters. The summed E-state index contributed by atoms with van der Waals surface area (Å²) >= 11 is 0. The van der Waals surface area contributed by atoms with Crippen LogP contribution in [-0.4, -0.2) is 19.3 Å². The number of carbonyl (C=O) groups excluding carboxylic acids is 1. The Balaban J connectivity index is 1.70. The summed E-state index contributed by atoms with van der Waals surface area (Å²) in [5.41, 5.74) is 1.29. The van der Waals surface area contributed by atoms with E-state index in [1.807, 2.05) is 19.1 Å². The van der Waals surface area contributed by atoms with Crippen molar-refractivity contribution in [1.29, 1.82) is 0 Å². The van der Waals surface area contributed by atoms with Crippen LogP contribution in [0.25, 0.3) is 0 Å². The van der Waals surface area contributed by atoms with Gasteiger partial charge in [-0.15, -0.1) is 0 Å². The van der Waals surface area contributed by atoms with Gasteiger partial charge >= 0.3 is 0 Å². The molecule has 0 fully saturated rings. The van der Waals surface area contributed by atoms with Crippen molar-refractivity contribution in [2.24, 2.45) is 0 Å². The second kappa shape index (κ2) is 8.18. The van der Waals surface area contributed by atoms with E-state index in [0.29, 0.717) is 5.56 Å². The molecule has 8 heteroatoms. The van der Waals surface area contributed by atoms with Crippen LogP contribution < -0.4 is 10.0 Å². The lowest BCUT2D eigenvalue weighted by atomic mass is 10.1. The zero-order valence-electron chi connectivity index (χ0n) is 15.0. The van der Waals surface area contributed by atoms with Crippen molar-refractivity contribution in [3.63, 3.8) is 0 Å². The molecular formula is C20H18FN3O3S. The fourth-order valence-corrected chi connectivity index (χ4v) is 3.56. The minimum absolute atomic E-state index is 0.00819. The van der Waals surface area contributed by atoms with E-state index >= 15 is 0 Å². The first-order valence-corrected chi connectivity index (χ1v) is 9.94. The van der Waals surface area contributed by atoms with Crippen molar-refractivity contribution < 1.29 is 17.6 Å². The van der Waals surface area contributed by atoms with E-state index in [2.05, 4.69) is 15.0 Å². The second-order valence-electron chi connectivity index (χ2n) is 6.09. The molecule has 6 nitrogen and oxygen atoms in total. The molecule has 3 rings (SSSR count). The number of pyridine rings is 1. The number of sulfonamides is 1. The molecule has 0 saturated carbocycles. The van der Waals surface area contributed by atoms with Crippen LogP contribution in [0.4, 0.5) is 10.1 Å². The molecule has 144 valence electrons. The summed E-state index contributed by atoms with van der Waals surface area (Å²) in [7, 11) is -3.85. The van der Waals surface area contributed by atoms with Gasteiger partial charge < -0.3 is 5.32 Å². The van der Waals surface area contributed by atoms with Gasteiger partial charge in [0.05, 0.1) is 16.6 Å². The number of benzene rings is 2. The largest absolute Gasteiger partial charge is 0.344 e. The maximum Gasteiger partial charge on any atom is 0.261 e. The van der Waals surface area contributed by atoms with Crippen LogP contribution in [0.3, 0.4) is 0 Å². The highest BCUT2D eigenvalue weighted by molar-refractivity contribution is 7.92. The molecule has 0 aliphatic carbocycles. The number of rotatable bonds is 6. The summed E-state index contributed by atoms with van der Waals surface area (Å²) in [6.45, 7) is 1.81. The van der Waals surface area contributed by atoms with Crippen LogP contribution >= 0.6 is 0 Å². The Bertz CT molecular complexity index is 1050. The lowest BCUT2D eigenvalue weighted by molar-refractivity contribution is 0.0939. The first-order chi connectivity index (χ1) is 13.3. The molecule has 3 aromatic rings. The number of nitrogens with zero attached hydrogens (tertiary/aromatic N) is 1. The molecule has 2 aromatic carbocycles. The Morgan fingerprint density at radius 2 is 1.68 bits per heavy atom. The van der Waals surface area contributed by atoms with E-state index < -0.39 is 15.8 Å². The average Bonchev–Trinajstić information content (AvgIpc) is 2.70. The highest BCUT2D eigenvalue weighted by atomic mass is 32.2. The third kappa shape index (κ3) is 4.72. The summed E-state index contributed by atoms with van der Waals surface area (Å²) in [5.74, 6) is -0.799. The number of hydrogen-bond acceptors (Lipinski definition) is 4. The molecule has 0 aliphatic rings. The number of carbonyl (C=O) groups is 1. The highest BCUT2D eigenvalue weighted by Gasteiger charge is 2.16. The maximum absolute atomic E-state index is 12.9. The van der Waals surface area contributed by atoms with Crippen LogP contribution in [0, 0.1) is 5.82 Å². The van der Waals surface area contributed by atoms with Crippen molar-refractivity contribution in [2.75, 3.05) is 4.72 Å². The number of amides is 1. The molecular weight excluding hydrogens is 381 g/mol.